The van der Waals surface area contributed by atoms with Crippen LogP contribution < -0.4 is 10.1 Å². The molecule has 1 aliphatic rings. The Balaban J connectivity index is 2.12. The highest BCUT2D eigenvalue weighted by Gasteiger charge is 2.24. The summed E-state index contributed by atoms with van der Waals surface area (Å²) >= 11 is 0. The molecular weight excluding hydrogens is 274 g/mol. The Morgan fingerprint density at radius 1 is 1.24 bits per heavy atom. The molecule has 2 rings (SSSR count). The molecule has 21 heavy (non-hydrogen) atoms. The van der Waals surface area contributed by atoms with E-state index in [4.69, 9.17) is 0 Å². The normalized spacial score (nSPS) is 21.3. The van der Waals surface area contributed by atoms with Crippen molar-refractivity contribution in [3.63, 3.8) is 0 Å². The molecule has 2 unspecified atom stereocenters. The molecule has 1 N–H and O–H groups in total. The van der Waals surface area contributed by atoms with Crippen molar-refractivity contribution in [1.29, 1.82) is 0 Å². The Labute approximate surface area is 125 Å². The Morgan fingerprint density at radius 2 is 2.00 bits per heavy atom. The van der Waals surface area contributed by atoms with Crippen molar-refractivity contribution >= 4 is 0 Å². The molecule has 0 amide bonds. The molecule has 0 aliphatic carbocycles. The monoisotopic (exact) mass is 298 g/mol. The number of halogens is 2. The van der Waals surface area contributed by atoms with Crippen LogP contribution in [0.2, 0.25) is 0 Å². The summed E-state index contributed by atoms with van der Waals surface area (Å²) in [5.74, 6) is 0.276. The summed E-state index contributed by atoms with van der Waals surface area (Å²) in [6.07, 6.45) is 3.36. The minimum Gasteiger partial charge on any atom is -0.434 e. The van der Waals surface area contributed by atoms with Crippen molar-refractivity contribution in [2.24, 2.45) is 0 Å². The maximum atomic E-state index is 12.5. The highest BCUT2D eigenvalue weighted by molar-refractivity contribution is 5.35. The van der Waals surface area contributed by atoms with Crippen LogP contribution in [0.4, 0.5) is 8.78 Å². The fourth-order valence-electron chi connectivity index (χ4n) is 2.97. The molecular formula is C16H24F2N2O. The van der Waals surface area contributed by atoms with Crippen molar-refractivity contribution in [2.75, 3.05) is 20.1 Å². The number of benzene rings is 1. The van der Waals surface area contributed by atoms with Crippen LogP contribution in [-0.4, -0.2) is 37.7 Å². The van der Waals surface area contributed by atoms with Gasteiger partial charge in [-0.25, -0.2) is 0 Å². The van der Waals surface area contributed by atoms with Gasteiger partial charge in [0.15, 0.2) is 0 Å². The first kappa shape index (κ1) is 16.2. The van der Waals surface area contributed by atoms with E-state index in [0.717, 1.165) is 37.9 Å². The first-order chi connectivity index (χ1) is 10.1. The molecule has 1 aliphatic heterocycles. The van der Waals surface area contributed by atoms with Crippen molar-refractivity contribution < 1.29 is 13.5 Å². The van der Waals surface area contributed by atoms with E-state index in [-0.39, 0.29) is 11.8 Å². The Bertz CT molecular complexity index is 434. The van der Waals surface area contributed by atoms with Gasteiger partial charge in [-0.05, 0) is 52.4 Å². The van der Waals surface area contributed by atoms with Crippen molar-refractivity contribution in [2.45, 2.75) is 44.9 Å². The molecule has 5 heteroatoms. The van der Waals surface area contributed by atoms with E-state index < -0.39 is 6.61 Å². The van der Waals surface area contributed by atoms with Gasteiger partial charge in [0.2, 0.25) is 0 Å². The minimum atomic E-state index is -2.79. The second kappa shape index (κ2) is 7.71. The first-order valence-corrected chi connectivity index (χ1v) is 7.56. The lowest BCUT2D eigenvalue weighted by Crippen LogP contribution is -2.34. The van der Waals surface area contributed by atoms with Gasteiger partial charge < -0.3 is 10.1 Å². The fraction of sp³-hybridized carbons (Fsp3) is 0.625. The van der Waals surface area contributed by atoms with Crippen LogP contribution in [-0.2, 0) is 0 Å². The van der Waals surface area contributed by atoms with Crippen molar-refractivity contribution in [1.82, 2.24) is 10.2 Å². The largest absolute Gasteiger partial charge is 0.434 e. The van der Waals surface area contributed by atoms with Crippen LogP contribution in [0.5, 0.6) is 5.75 Å². The summed E-state index contributed by atoms with van der Waals surface area (Å²) in [4.78, 5) is 2.28. The zero-order chi connectivity index (χ0) is 15.2. The number of nitrogens with zero attached hydrogens (tertiary/aromatic N) is 1. The van der Waals surface area contributed by atoms with Gasteiger partial charge in [0.1, 0.15) is 5.75 Å². The highest BCUT2D eigenvalue weighted by Crippen LogP contribution is 2.31. The SMILES string of the molecule is CC(c1ccccc1OC(F)F)N(C)C1CCCNCC1. The number of hydrogen-bond acceptors (Lipinski definition) is 3. The van der Waals surface area contributed by atoms with E-state index in [0.29, 0.717) is 6.04 Å². The van der Waals surface area contributed by atoms with Gasteiger partial charge in [0.05, 0.1) is 0 Å². The lowest BCUT2D eigenvalue weighted by atomic mass is 10.0. The molecule has 0 aromatic heterocycles. The van der Waals surface area contributed by atoms with E-state index in [2.05, 4.69) is 22.0 Å². The molecule has 0 bridgehead atoms. The van der Waals surface area contributed by atoms with Gasteiger partial charge in [0, 0.05) is 17.6 Å². The van der Waals surface area contributed by atoms with Gasteiger partial charge in [-0.15, -0.1) is 0 Å². The maximum Gasteiger partial charge on any atom is 0.387 e. The van der Waals surface area contributed by atoms with E-state index >= 15 is 0 Å². The maximum absolute atomic E-state index is 12.5. The van der Waals surface area contributed by atoms with Gasteiger partial charge in [0.25, 0.3) is 0 Å². The number of nitrogens with one attached hydrogen (secondary N) is 1. The van der Waals surface area contributed by atoms with E-state index in [1.165, 1.54) is 0 Å². The molecule has 0 spiro atoms. The van der Waals surface area contributed by atoms with Gasteiger partial charge in [-0.1, -0.05) is 18.2 Å². The van der Waals surface area contributed by atoms with Crippen LogP contribution in [0.25, 0.3) is 0 Å². The Hall–Kier alpha value is -1.20. The number of rotatable bonds is 5. The molecule has 1 aromatic rings. The molecule has 3 nitrogen and oxygen atoms in total. The topological polar surface area (TPSA) is 24.5 Å². The van der Waals surface area contributed by atoms with Crippen LogP contribution in [0.3, 0.4) is 0 Å². The van der Waals surface area contributed by atoms with Crippen LogP contribution >= 0.6 is 0 Å². The lowest BCUT2D eigenvalue weighted by molar-refractivity contribution is -0.0511. The lowest BCUT2D eigenvalue weighted by Gasteiger charge is -2.33. The molecule has 2 atom stereocenters. The summed E-state index contributed by atoms with van der Waals surface area (Å²) in [6.45, 7) is 1.33. The number of para-hydroxylation sites is 1. The van der Waals surface area contributed by atoms with Crippen molar-refractivity contribution in [3.05, 3.63) is 29.8 Å². The quantitative estimate of drug-likeness (QED) is 0.901. The highest BCUT2D eigenvalue weighted by atomic mass is 19.3. The van der Waals surface area contributed by atoms with Gasteiger partial charge in [-0.3, -0.25) is 4.90 Å². The molecule has 1 saturated heterocycles. The number of hydrogen-bond donors (Lipinski definition) is 1. The summed E-state index contributed by atoms with van der Waals surface area (Å²) in [5, 5.41) is 3.40. The Kier molecular flexibility index (Phi) is 5.94. The third-order valence-corrected chi connectivity index (χ3v) is 4.32. The molecule has 0 radical (unpaired) electrons. The van der Waals surface area contributed by atoms with E-state index in [1.807, 2.05) is 19.1 Å². The second-order valence-electron chi connectivity index (χ2n) is 5.59. The number of ether oxygens (including phenoxy) is 1. The molecule has 1 aromatic carbocycles. The molecule has 1 fully saturated rings. The minimum absolute atomic E-state index is 0.0445. The van der Waals surface area contributed by atoms with E-state index in [1.54, 1.807) is 12.1 Å². The second-order valence-corrected chi connectivity index (χ2v) is 5.59. The van der Waals surface area contributed by atoms with Crippen molar-refractivity contribution in [3.8, 4) is 5.75 Å². The smallest absolute Gasteiger partial charge is 0.387 e. The predicted octanol–water partition coefficient (Wildman–Crippen LogP) is 3.42. The standard InChI is InChI=1S/C16H24F2N2O/c1-12(20(2)13-6-5-10-19-11-9-13)14-7-3-4-8-15(14)21-16(17)18/h3-4,7-8,12-13,16,19H,5-6,9-11H2,1-2H3. The molecule has 1 heterocycles. The summed E-state index contributed by atoms with van der Waals surface area (Å²) in [7, 11) is 2.07. The third kappa shape index (κ3) is 4.38. The van der Waals surface area contributed by atoms with E-state index in [9.17, 15) is 8.78 Å². The Morgan fingerprint density at radius 3 is 2.76 bits per heavy atom. The zero-order valence-electron chi connectivity index (χ0n) is 12.7. The van der Waals surface area contributed by atoms with Gasteiger partial charge in [-0.2, -0.15) is 8.78 Å². The van der Waals surface area contributed by atoms with Gasteiger partial charge >= 0.3 is 6.61 Å². The predicted molar refractivity (Wildman–Crippen MR) is 79.8 cm³/mol. The summed E-state index contributed by atoms with van der Waals surface area (Å²) < 4.78 is 29.7. The van der Waals surface area contributed by atoms with Crippen LogP contribution in [0.1, 0.15) is 37.8 Å². The summed E-state index contributed by atoms with van der Waals surface area (Å²) in [5.41, 5.74) is 0.817. The number of alkyl halides is 2. The molecule has 0 saturated carbocycles. The average molecular weight is 298 g/mol. The van der Waals surface area contributed by atoms with Crippen LogP contribution in [0, 0.1) is 0 Å². The zero-order valence-corrected chi connectivity index (χ0v) is 12.7. The molecule has 118 valence electrons. The van der Waals surface area contributed by atoms with Crippen LogP contribution in [0.15, 0.2) is 24.3 Å². The summed E-state index contributed by atoms with van der Waals surface area (Å²) in [6, 6.07) is 7.59. The first-order valence-electron chi connectivity index (χ1n) is 7.56. The average Bonchev–Trinajstić information content (AvgIpc) is 2.75. The fourth-order valence-corrected chi connectivity index (χ4v) is 2.97. The third-order valence-electron chi connectivity index (χ3n) is 4.32.